The van der Waals surface area contributed by atoms with Crippen LogP contribution in [0, 0.1) is 12.7 Å². The highest BCUT2D eigenvalue weighted by atomic mass is 19.1. The van der Waals surface area contributed by atoms with Crippen molar-refractivity contribution in [2.24, 2.45) is 0 Å². The van der Waals surface area contributed by atoms with Crippen molar-refractivity contribution in [1.29, 1.82) is 0 Å². The van der Waals surface area contributed by atoms with E-state index in [-0.39, 0.29) is 11.2 Å². The molecule has 0 aliphatic rings. The highest BCUT2D eigenvalue weighted by Gasteiger charge is 2.23. The van der Waals surface area contributed by atoms with Crippen LogP contribution in [0.15, 0.2) is 18.2 Å². The Morgan fingerprint density at radius 2 is 1.88 bits per heavy atom. The third-order valence-corrected chi connectivity index (χ3v) is 2.70. The van der Waals surface area contributed by atoms with Gasteiger partial charge in [0.25, 0.3) is 0 Å². The lowest BCUT2D eigenvalue weighted by atomic mass is 9.89. The minimum Gasteiger partial charge on any atom is -0.207 e. The molecule has 0 aliphatic heterocycles. The first-order chi connectivity index (χ1) is 7.89. The lowest BCUT2D eigenvalue weighted by Gasteiger charge is -2.16. The fourth-order valence-electron chi connectivity index (χ4n) is 1.70. The third-order valence-electron chi connectivity index (χ3n) is 2.70. The van der Waals surface area contributed by atoms with Crippen LogP contribution < -0.4 is 0 Å². The second-order valence-corrected chi connectivity index (χ2v) is 5.23. The SMILES string of the molecule is Cc1ccc(-c2n[nH]nc2C(C)(C)C)cc1F. The number of hydrogen-bond donors (Lipinski definition) is 1. The summed E-state index contributed by atoms with van der Waals surface area (Å²) in [4.78, 5) is 0. The van der Waals surface area contributed by atoms with E-state index in [1.165, 1.54) is 6.07 Å². The van der Waals surface area contributed by atoms with Crippen LogP contribution in [0.3, 0.4) is 0 Å². The summed E-state index contributed by atoms with van der Waals surface area (Å²) >= 11 is 0. The van der Waals surface area contributed by atoms with Gasteiger partial charge in [-0.2, -0.15) is 15.4 Å². The zero-order valence-electron chi connectivity index (χ0n) is 10.5. The molecule has 0 amide bonds. The molecule has 4 heteroatoms. The van der Waals surface area contributed by atoms with E-state index in [1.807, 2.05) is 6.07 Å². The molecule has 0 saturated carbocycles. The number of aromatic nitrogens is 3. The van der Waals surface area contributed by atoms with E-state index in [2.05, 4.69) is 36.2 Å². The smallest absolute Gasteiger partial charge is 0.126 e. The van der Waals surface area contributed by atoms with Crippen molar-refractivity contribution >= 4 is 0 Å². The van der Waals surface area contributed by atoms with Crippen LogP contribution in [0.4, 0.5) is 4.39 Å². The number of aromatic amines is 1. The van der Waals surface area contributed by atoms with Crippen molar-refractivity contribution in [3.8, 4) is 11.3 Å². The van der Waals surface area contributed by atoms with E-state index in [0.717, 1.165) is 17.0 Å². The van der Waals surface area contributed by atoms with E-state index in [1.54, 1.807) is 13.0 Å². The van der Waals surface area contributed by atoms with Gasteiger partial charge in [-0.1, -0.05) is 32.9 Å². The molecule has 0 atom stereocenters. The van der Waals surface area contributed by atoms with Gasteiger partial charge in [0, 0.05) is 11.0 Å². The average Bonchev–Trinajstić information content (AvgIpc) is 2.70. The zero-order chi connectivity index (χ0) is 12.6. The van der Waals surface area contributed by atoms with E-state index in [9.17, 15) is 4.39 Å². The van der Waals surface area contributed by atoms with Crippen LogP contribution in [0.25, 0.3) is 11.3 Å². The molecule has 1 N–H and O–H groups in total. The number of benzene rings is 1. The van der Waals surface area contributed by atoms with E-state index >= 15 is 0 Å². The molecule has 0 spiro atoms. The van der Waals surface area contributed by atoms with Gasteiger partial charge in [0.1, 0.15) is 11.5 Å². The van der Waals surface area contributed by atoms with Gasteiger partial charge < -0.3 is 0 Å². The Labute approximate surface area is 100 Å². The van der Waals surface area contributed by atoms with Crippen molar-refractivity contribution in [3.05, 3.63) is 35.3 Å². The maximum absolute atomic E-state index is 13.5. The molecule has 0 bridgehead atoms. The minimum absolute atomic E-state index is 0.121. The van der Waals surface area contributed by atoms with Crippen molar-refractivity contribution in [1.82, 2.24) is 15.4 Å². The molecule has 0 fully saturated rings. The van der Waals surface area contributed by atoms with Crippen molar-refractivity contribution < 1.29 is 4.39 Å². The molecule has 0 radical (unpaired) electrons. The van der Waals surface area contributed by atoms with Crippen LogP contribution in [0.5, 0.6) is 0 Å². The first-order valence-corrected chi connectivity index (χ1v) is 5.57. The largest absolute Gasteiger partial charge is 0.207 e. The number of rotatable bonds is 1. The summed E-state index contributed by atoms with van der Waals surface area (Å²) in [7, 11) is 0. The van der Waals surface area contributed by atoms with Gasteiger partial charge in [-0.15, -0.1) is 0 Å². The zero-order valence-corrected chi connectivity index (χ0v) is 10.5. The van der Waals surface area contributed by atoms with Crippen LogP contribution in [0.2, 0.25) is 0 Å². The molecule has 3 nitrogen and oxygen atoms in total. The normalized spacial score (nSPS) is 11.8. The van der Waals surface area contributed by atoms with Crippen LogP contribution in [-0.2, 0) is 5.41 Å². The van der Waals surface area contributed by atoms with Gasteiger partial charge in [0.05, 0.1) is 5.69 Å². The quantitative estimate of drug-likeness (QED) is 0.821. The Balaban J connectivity index is 2.54. The lowest BCUT2D eigenvalue weighted by molar-refractivity contribution is 0.568. The van der Waals surface area contributed by atoms with E-state index in [0.29, 0.717) is 5.56 Å². The number of nitrogens with zero attached hydrogens (tertiary/aromatic N) is 2. The molecule has 0 aliphatic carbocycles. The summed E-state index contributed by atoms with van der Waals surface area (Å²) < 4.78 is 13.5. The van der Waals surface area contributed by atoms with Crippen LogP contribution in [-0.4, -0.2) is 15.4 Å². The van der Waals surface area contributed by atoms with E-state index < -0.39 is 0 Å². The van der Waals surface area contributed by atoms with Crippen molar-refractivity contribution in [3.63, 3.8) is 0 Å². The molecule has 1 heterocycles. The molecule has 90 valence electrons. The molecule has 1 aromatic heterocycles. The van der Waals surface area contributed by atoms with Gasteiger partial charge in [-0.05, 0) is 18.6 Å². The Morgan fingerprint density at radius 1 is 1.18 bits per heavy atom. The second kappa shape index (κ2) is 3.95. The van der Waals surface area contributed by atoms with Crippen molar-refractivity contribution in [2.75, 3.05) is 0 Å². The molecule has 2 aromatic rings. The molecule has 1 aromatic carbocycles. The fourth-order valence-corrected chi connectivity index (χ4v) is 1.70. The third kappa shape index (κ3) is 2.20. The molecule has 0 unspecified atom stereocenters. The standard InChI is InChI=1S/C13H16FN3/c1-8-5-6-9(7-10(8)14)11-12(13(2,3)4)16-17-15-11/h5-7H,1-4H3,(H,15,16,17). The van der Waals surface area contributed by atoms with Crippen LogP contribution in [0.1, 0.15) is 32.0 Å². The average molecular weight is 233 g/mol. The number of halogens is 1. The first kappa shape index (κ1) is 11.8. The molecule has 17 heavy (non-hydrogen) atoms. The molecular formula is C13H16FN3. The van der Waals surface area contributed by atoms with Crippen LogP contribution >= 0.6 is 0 Å². The molecular weight excluding hydrogens is 217 g/mol. The van der Waals surface area contributed by atoms with Gasteiger partial charge in [-0.25, -0.2) is 4.39 Å². The van der Waals surface area contributed by atoms with Crippen molar-refractivity contribution in [2.45, 2.75) is 33.1 Å². The fraction of sp³-hybridized carbons (Fsp3) is 0.385. The number of aryl methyl sites for hydroxylation is 1. The number of hydrogen-bond acceptors (Lipinski definition) is 2. The maximum atomic E-state index is 13.5. The summed E-state index contributed by atoms with van der Waals surface area (Å²) in [6, 6.07) is 5.12. The summed E-state index contributed by atoms with van der Waals surface area (Å²) in [5.74, 6) is -0.217. The Morgan fingerprint density at radius 3 is 2.47 bits per heavy atom. The monoisotopic (exact) mass is 233 g/mol. The number of H-pyrrole nitrogens is 1. The predicted molar refractivity (Wildman–Crippen MR) is 65.2 cm³/mol. The topological polar surface area (TPSA) is 41.6 Å². The van der Waals surface area contributed by atoms with Gasteiger partial charge in [0.2, 0.25) is 0 Å². The Kier molecular flexibility index (Phi) is 2.73. The van der Waals surface area contributed by atoms with E-state index in [4.69, 9.17) is 0 Å². The summed E-state index contributed by atoms with van der Waals surface area (Å²) in [5.41, 5.74) is 2.84. The number of nitrogens with one attached hydrogen (secondary N) is 1. The lowest BCUT2D eigenvalue weighted by Crippen LogP contribution is -2.13. The maximum Gasteiger partial charge on any atom is 0.126 e. The second-order valence-electron chi connectivity index (χ2n) is 5.23. The Hall–Kier alpha value is -1.71. The van der Waals surface area contributed by atoms with Gasteiger partial charge >= 0.3 is 0 Å². The Bertz CT molecular complexity index is 538. The predicted octanol–water partition coefficient (Wildman–Crippen LogP) is 3.22. The summed E-state index contributed by atoms with van der Waals surface area (Å²) in [6.07, 6.45) is 0. The summed E-state index contributed by atoms with van der Waals surface area (Å²) in [5, 5.41) is 10.9. The van der Waals surface area contributed by atoms with Gasteiger partial charge in [-0.3, -0.25) is 0 Å². The first-order valence-electron chi connectivity index (χ1n) is 5.57. The minimum atomic E-state index is -0.217. The molecule has 2 rings (SSSR count). The summed E-state index contributed by atoms with van der Waals surface area (Å²) in [6.45, 7) is 7.91. The molecule has 0 saturated heterocycles. The highest BCUT2D eigenvalue weighted by molar-refractivity contribution is 5.62. The highest BCUT2D eigenvalue weighted by Crippen LogP contribution is 2.29. The van der Waals surface area contributed by atoms with Gasteiger partial charge in [0.15, 0.2) is 0 Å².